The molecule has 18 heavy (non-hydrogen) atoms. The largest absolute Gasteiger partial charge is 0.382 e. The zero-order valence-corrected chi connectivity index (χ0v) is 10.1. The van der Waals surface area contributed by atoms with Gasteiger partial charge in [-0.05, 0) is 42.0 Å². The molecule has 0 radical (unpaired) electrons. The molecular weight excluding hydrogens is 226 g/mol. The first-order valence-electron chi connectivity index (χ1n) is 6.17. The van der Waals surface area contributed by atoms with Crippen molar-refractivity contribution in [3.05, 3.63) is 57.4 Å². The molecule has 0 fully saturated rings. The average molecular weight is 241 g/mol. The number of anilines is 1. The second-order valence-electron chi connectivity index (χ2n) is 4.71. The van der Waals surface area contributed by atoms with Crippen LogP contribution in [0.2, 0.25) is 0 Å². The normalized spacial score (nSPS) is 13.6. The van der Waals surface area contributed by atoms with E-state index in [2.05, 4.69) is 23.3 Å². The Morgan fingerprint density at radius 1 is 1.17 bits per heavy atom. The Kier molecular flexibility index (Phi) is 2.63. The van der Waals surface area contributed by atoms with E-state index >= 15 is 0 Å². The third-order valence-corrected chi connectivity index (χ3v) is 3.38. The summed E-state index contributed by atoms with van der Waals surface area (Å²) in [6.45, 7) is 0.483. The van der Waals surface area contributed by atoms with Crippen molar-refractivity contribution in [2.75, 3.05) is 5.73 Å². The maximum absolute atomic E-state index is 11.7. The van der Waals surface area contributed by atoms with Crippen molar-refractivity contribution in [1.82, 2.24) is 9.78 Å². The number of rotatable bonds is 2. The average Bonchev–Trinajstić information content (AvgIpc) is 2.81. The van der Waals surface area contributed by atoms with Crippen molar-refractivity contribution in [2.24, 2.45) is 0 Å². The standard InChI is InChI=1S/C14H15N3O/c15-13-6-7-14(18)17(16-13)9-10-4-5-11-2-1-3-12(11)8-10/h4-8H,1-3,9H2,(H2,15,16). The first kappa shape index (κ1) is 11.0. The fraction of sp³-hybridized carbons (Fsp3) is 0.286. The molecule has 0 amide bonds. The Morgan fingerprint density at radius 2 is 2.00 bits per heavy atom. The van der Waals surface area contributed by atoms with Gasteiger partial charge >= 0.3 is 0 Å². The quantitative estimate of drug-likeness (QED) is 0.863. The minimum atomic E-state index is -0.121. The highest BCUT2D eigenvalue weighted by molar-refractivity contribution is 5.35. The summed E-state index contributed by atoms with van der Waals surface area (Å²) in [6.07, 6.45) is 3.55. The van der Waals surface area contributed by atoms with Crippen molar-refractivity contribution >= 4 is 5.82 Å². The van der Waals surface area contributed by atoms with Crippen LogP contribution in [0.5, 0.6) is 0 Å². The van der Waals surface area contributed by atoms with Crippen LogP contribution >= 0.6 is 0 Å². The lowest BCUT2D eigenvalue weighted by atomic mass is 10.1. The van der Waals surface area contributed by atoms with Gasteiger partial charge in [0, 0.05) is 6.07 Å². The van der Waals surface area contributed by atoms with Gasteiger partial charge in [0.15, 0.2) is 0 Å². The van der Waals surface area contributed by atoms with E-state index < -0.39 is 0 Å². The zero-order chi connectivity index (χ0) is 12.5. The van der Waals surface area contributed by atoms with E-state index in [0.29, 0.717) is 12.4 Å². The number of aryl methyl sites for hydroxylation is 2. The van der Waals surface area contributed by atoms with Crippen LogP contribution in [0.1, 0.15) is 23.1 Å². The summed E-state index contributed by atoms with van der Waals surface area (Å²) in [6, 6.07) is 9.40. The molecule has 0 spiro atoms. The summed E-state index contributed by atoms with van der Waals surface area (Å²) in [5.41, 5.74) is 9.43. The summed E-state index contributed by atoms with van der Waals surface area (Å²) < 4.78 is 1.41. The van der Waals surface area contributed by atoms with E-state index in [4.69, 9.17) is 5.73 Å². The molecule has 0 saturated heterocycles. The van der Waals surface area contributed by atoms with Crippen LogP contribution in [-0.4, -0.2) is 9.78 Å². The highest BCUT2D eigenvalue weighted by Crippen LogP contribution is 2.22. The molecule has 1 aromatic heterocycles. The van der Waals surface area contributed by atoms with Crippen LogP contribution in [0.4, 0.5) is 5.82 Å². The zero-order valence-electron chi connectivity index (χ0n) is 10.1. The van der Waals surface area contributed by atoms with Crippen LogP contribution in [0, 0.1) is 0 Å². The number of hydrogen-bond donors (Lipinski definition) is 1. The third kappa shape index (κ3) is 2.01. The van der Waals surface area contributed by atoms with Crippen LogP contribution in [0.25, 0.3) is 0 Å². The number of nitrogen functional groups attached to an aromatic ring is 1. The van der Waals surface area contributed by atoms with E-state index in [-0.39, 0.29) is 5.56 Å². The van der Waals surface area contributed by atoms with E-state index in [9.17, 15) is 4.79 Å². The SMILES string of the molecule is Nc1ccc(=O)n(Cc2ccc3c(c2)CCC3)n1. The molecule has 0 atom stereocenters. The monoisotopic (exact) mass is 241 g/mol. The molecule has 0 aliphatic heterocycles. The van der Waals surface area contributed by atoms with Crippen molar-refractivity contribution in [3.63, 3.8) is 0 Å². The molecule has 0 unspecified atom stereocenters. The maximum Gasteiger partial charge on any atom is 0.267 e. The van der Waals surface area contributed by atoms with E-state index in [1.807, 2.05) is 0 Å². The number of nitrogens with zero attached hydrogens (tertiary/aromatic N) is 2. The number of nitrogens with two attached hydrogens (primary N) is 1. The summed E-state index contributed by atoms with van der Waals surface area (Å²) in [4.78, 5) is 11.7. The first-order valence-corrected chi connectivity index (χ1v) is 6.17. The minimum Gasteiger partial charge on any atom is -0.382 e. The predicted molar refractivity (Wildman–Crippen MR) is 70.5 cm³/mol. The lowest BCUT2D eigenvalue weighted by molar-refractivity contribution is 0.643. The van der Waals surface area contributed by atoms with Crippen LogP contribution in [-0.2, 0) is 19.4 Å². The minimum absolute atomic E-state index is 0.121. The molecule has 1 heterocycles. The fourth-order valence-corrected chi connectivity index (χ4v) is 2.47. The second-order valence-corrected chi connectivity index (χ2v) is 4.71. The molecular formula is C14H15N3O. The second kappa shape index (κ2) is 4.29. The Labute approximate surface area is 105 Å². The predicted octanol–water partition coefficient (Wildman–Crippen LogP) is 1.36. The van der Waals surface area contributed by atoms with E-state index in [1.165, 1.54) is 40.8 Å². The number of hydrogen-bond acceptors (Lipinski definition) is 3. The van der Waals surface area contributed by atoms with Crippen molar-refractivity contribution in [2.45, 2.75) is 25.8 Å². The van der Waals surface area contributed by atoms with Crippen LogP contribution in [0.3, 0.4) is 0 Å². The third-order valence-electron chi connectivity index (χ3n) is 3.38. The highest BCUT2D eigenvalue weighted by atomic mass is 16.1. The Balaban J connectivity index is 1.93. The van der Waals surface area contributed by atoms with E-state index in [0.717, 1.165) is 12.0 Å². The van der Waals surface area contributed by atoms with Crippen molar-refractivity contribution in [1.29, 1.82) is 0 Å². The van der Waals surface area contributed by atoms with Crippen molar-refractivity contribution < 1.29 is 0 Å². The summed E-state index contributed by atoms with van der Waals surface area (Å²) in [5.74, 6) is 0.371. The maximum atomic E-state index is 11.7. The lowest BCUT2D eigenvalue weighted by Gasteiger charge is -2.07. The summed E-state index contributed by atoms with van der Waals surface area (Å²) in [5, 5.41) is 4.04. The molecule has 4 nitrogen and oxygen atoms in total. The molecule has 2 N–H and O–H groups in total. The van der Waals surface area contributed by atoms with Gasteiger partial charge in [-0.3, -0.25) is 4.79 Å². The van der Waals surface area contributed by atoms with Gasteiger partial charge in [-0.2, -0.15) is 5.10 Å². The van der Waals surface area contributed by atoms with Crippen LogP contribution < -0.4 is 11.3 Å². The molecule has 3 rings (SSSR count). The number of fused-ring (bicyclic) bond motifs is 1. The van der Waals surface area contributed by atoms with Gasteiger partial charge in [-0.1, -0.05) is 18.2 Å². The molecule has 92 valence electrons. The van der Waals surface area contributed by atoms with Gasteiger partial charge in [-0.15, -0.1) is 0 Å². The van der Waals surface area contributed by atoms with Crippen LogP contribution in [0.15, 0.2) is 35.1 Å². The number of aromatic nitrogens is 2. The molecule has 2 aromatic rings. The van der Waals surface area contributed by atoms with E-state index in [1.54, 1.807) is 0 Å². The van der Waals surface area contributed by atoms with Gasteiger partial charge in [-0.25, -0.2) is 4.68 Å². The molecule has 4 heteroatoms. The topological polar surface area (TPSA) is 60.9 Å². The van der Waals surface area contributed by atoms with Gasteiger partial charge in [0.25, 0.3) is 5.56 Å². The Bertz CT molecular complexity index is 646. The highest BCUT2D eigenvalue weighted by Gasteiger charge is 2.11. The van der Waals surface area contributed by atoms with Gasteiger partial charge in [0.1, 0.15) is 5.82 Å². The number of benzene rings is 1. The molecule has 1 aromatic carbocycles. The van der Waals surface area contributed by atoms with Gasteiger partial charge in [0.2, 0.25) is 0 Å². The molecule has 1 aliphatic carbocycles. The Hall–Kier alpha value is -2.10. The molecule has 0 saturated carbocycles. The smallest absolute Gasteiger partial charge is 0.267 e. The van der Waals surface area contributed by atoms with Gasteiger partial charge < -0.3 is 5.73 Å². The molecule has 0 bridgehead atoms. The van der Waals surface area contributed by atoms with Gasteiger partial charge in [0.05, 0.1) is 6.54 Å². The first-order chi connectivity index (χ1) is 8.72. The molecule has 1 aliphatic rings. The Morgan fingerprint density at radius 3 is 2.89 bits per heavy atom. The summed E-state index contributed by atoms with van der Waals surface area (Å²) >= 11 is 0. The lowest BCUT2D eigenvalue weighted by Crippen LogP contribution is -2.23. The fourth-order valence-electron chi connectivity index (χ4n) is 2.47. The van der Waals surface area contributed by atoms with Crippen molar-refractivity contribution in [3.8, 4) is 0 Å². The summed E-state index contributed by atoms with van der Waals surface area (Å²) in [7, 11) is 0.